The molecule has 1 fully saturated rings. The number of carbonyl (C=O) groups is 3. The van der Waals surface area contributed by atoms with Gasteiger partial charge in [0.1, 0.15) is 11.5 Å². The molecule has 43 heavy (non-hydrogen) atoms. The van der Waals surface area contributed by atoms with Crippen LogP contribution in [0.4, 0.5) is 4.79 Å². The van der Waals surface area contributed by atoms with Crippen molar-refractivity contribution in [2.45, 2.75) is 26.3 Å². The standard InChI is InChI=1S/C34H38N4O5/c1-3-38-29(24-36-19-12-20-37(22-21-36)32(39)25-13-7-5-8-14-25)30(33(40)42-4-2)31(35-34(38)41)26-15-11-18-28(23-26)43-27-16-9-6-10-17-27/h5-11,13-18,23,31H,3-4,12,19-22,24H2,1-2H3,(H,35,41). The van der Waals surface area contributed by atoms with Crippen molar-refractivity contribution in [3.8, 4) is 11.5 Å². The third kappa shape index (κ3) is 7.06. The summed E-state index contributed by atoms with van der Waals surface area (Å²) in [4.78, 5) is 45.9. The zero-order chi connectivity index (χ0) is 30.2. The minimum atomic E-state index is -0.716. The van der Waals surface area contributed by atoms with Crippen LogP contribution in [0, 0.1) is 0 Å². The van der Waals surface area contributed by atoms with Gasteiger partial charge in [-0.2, -0.15) is 0 Å². The number of urea groups is 1. The molecule has 1 atom stereocenters. The first-order chi connectivity index (χ1) is 21.0. The zero-order valence-corrected chi connectivity index (χ0v) is 24.7. The summed E-state index contributed by atoms with van der Waals surface area (Å²) in [5, 5.41) is 3.04. The lowest BCUT2D eigenvalue weighted by Crippen LogP contribution is -2.51. The number of esters is 1. The SMILES string of the molecule is CCOC(=O)C1=C(CN2CCCN(C(=O)c3ccccc3)CC2)N(CC)C(=O)NC1c1cccc(Oc2ccccc2)c1. The number of nitrogens with zero attached hydrogens (tertiary/aromatic N) is 3. The Morgan fingerprint density at radius 1 is 0.860 bits per heavy atom. The topological polar surface area (TPSA) is 91.4 Å². The fourth-order valence-corrected chi connectivity index (χ4v) is 5.60. The van der Waals surface area contributed by atoms with Crippen LogP contribution in [0.1, 0.15) is 42.2 Å². The number of para-hydroxylation sites is 1. The first-order valence-electron chi connectivity index (χ1n) is 14.9. The van der Waals surface area contributed by atoms with Crippen LogP contribution in [-0.4, -0.2) is 78.5 Å². The molecule has 2 aliphatic rings. The van der Waals surface area contributed by atoms with Crippen molar-refractivity contribution >= 4 is 17.9 Å². The van der Waals surface area contributed by atoms with Gasteiger partial charge in [0, 0.05) is 50.5 Å². The number of amides is 3. The summed E-state index contributed by atoms with van der Waals surface area (Å²) in [7, 11) is 0. The molecule has 2 aliphatic heterocycles. The van der Waals surface area contributed by atoms with Crippen molar-refractivity contribution < 1.29 is 23.9 Å². The fraction of sp³-hybridized carbons (Fsp3) is 0.324. The van der Waals surface area contributed by atoms with E-state index in [9.17, 15) is 14.4 Å². The van der Waals surface area contributed by atoms with Gasteiger partial charge in [0.25, 0.3) is 5.91 Å². The van der Waals surface area contributed by atoms with Crippen molar-refractivity contribution in [3.63, 3.8) is 0 Å². The number of nitrogens with one attached hydrogen (secondary N) is 1. The number of ether oxygens (including phenoxy) is 2. The van der Waals surface area contributed by atoms with Crippen LogP contribution >= 0.6 is 0 Å². The van der Waals surface area contributed by atoms with Crippen molar-refractivity contribution in [3.05, 3.63) is 107 Å². The Balaban J connectivity index is 1.44. The normalized spacial score (nSPS) is 17.7. The first-order valence-corrected chi connectivity index (χ1v) is 14.9. The molecule has 0 aliphatic carbocycles. The van der Waals surface area contributed by atoms with Gasteiger partial charge in [-0.15, -0.1) is 0 Å². The van der Waals surface area contributed by atoms with Crippen LogP contribution in [0.3, 0.4) is 0 Å². The third-order valence-electron chi connectivity index (χ3n) is 7.69. The van der Waals surface area contributed by atoms with Gasteiger partial charge in [0.2, 0.25) is 0 Å². The van der Waals surface area contributed by atoms with Crippen LogP contribution < -0.4 is 10.1 Å². The maximum absolute atomic E-state index is 13.6. The zero-order valence-electron chi connectivity index (χ0n) is 24.7. The molecule has 2 heterocycles. The monoisotopic (exact) mass is 582 g/mol. The highest BCUT2D eigenvalue weighted by Gasteiger charge is 2.38. The Kier molecular flexibility index (Phi) is 9.73. The molecule has 1 N–H and O–H groups in total. The average Bonchev–Trinajstić information content (AvgIpc) is 3.27. The Morgan fingerprint density at radius 3 is 2.30 bits per heavy atom. The van der Waals surface area contributed by atoms with Gasteiger partial charge in [-0.05, 0) is 62.2 Å². The molecule has 3 amide bonds. The molecule has 0 bridgehead atoms. The Morgan fingerprint density at radius 2 is 1.58 bits per heavy atom. The molecule has 0 radical (unpaired) electrons. The molecule has 0 aromatic heterocycles. The number of hydrogen-bond donors (Lipinski definition) is 1. The van der Waals surface area contributed by atoms with Gasteiger partial charge in [-0.3, -0.25) is 14.6 Å². The summed E-state index contributed by atoms with van der Waals surface area (Å²) in [6, 6.07) is 25.2. The second-order valence-electron chi connectivity index (χ2n) is 10.5. The van der Waals surface area contributed by atoms with Gasteiger partial charge in [-0.25, -0.2) is 9.59 Å². The molecule has 224 valence electrons. The van der Waals surface area contributed by atoms with E-state index >= 15 is 0 Å². The second kappa shape index (κ2) is 14.0. The van der Waals surface area contributed by atoms with Gasteiger partial charge in [-0.1, -0.05) is 48.5 Å². The smallest absolute Gasteiger partial charge is 0.338 e. The molecule has 0 saturated carbocycles. The van der Waals surface area contributed by atoms with E-state index in [0.29, 0.717) is 66.6 Å². The summed E-state index contributed by atoms with van der Waals surface area (Å²) in [5.74, 6) is 0.827. The number of carbonyl (C=O) groups excluding carboxylic acids is 3. The molecule has 3 aromatic rings. The van der Waals surface area contributed by atoms with Crippen molar-refractivity contribution in [1.29, 1.82) is 0 Å². The van der Waals surface area contributed by atoms with Crippen LogP contribution in [0.2, 0.25) is 0 Å². The van der Waals surface area contributed by atoms with Gasteiger partial charge < -0.3 is 19.7 Å². The molecule has 9 nitrogen and oxygen atoms in total. The molecule has 9 heteroatoms. The second-order valence-corrected chi connectivity index (χ2v) is 10.5. The third-order valence-corrected chi connectivity index (χ3v) is 7.69. The molecular weight excluding hydrogens is 544 g/mol. The van der Waals surface area contributed by atoms with Crippen LogP contribution in [-0.2, 0) is 9.53 Å². The Hall–Kier alpha value is -4.63. The number of rotatable bonds is 9. The highest BCUT2D eigenvalue weighted by Crippen LogP contribution is 2.34. The van der Waals surface area contributed by atoms with Crippen LogP contribution in [0.25, 0.3) is 0 Å². The summed E-state index contributed by atoms with van der Waals surface area (Å²) >= 11 is 0. The van der Waals surface area contributed by atoms with E-state index in [1.165, 1.54) is 0 Å². The van der Waals surface area contributed by atoms with E-state index in [2.05, 4.69) is 10.2 Å². The fourth-order valence-electron chi connectivity index (χ4n) is 5.60. The predicted molar refractivity (Wildman–Crippen MR) is 164 cm³/mol. The number of hydrogen-bond acceptors (Lipinski definition) is 6. The summed E-state index contributed by atoms with van der Waals surface area (Å²) in [6.07, 6.45) is 0.779. The maximum Gasteiger partial charge on any atom is 0.338 e. The molecule has 0 spiro atoms. The van der Waals surface area contributed by atoms with E-state index < -0.39 is 12.0 Å². The van der Waals surface area contributed by atoms with Crippen molar-refractivity contribution in [2.24, 2.45) is 0 Å². The quantitative estimate of drug-likeness (QED) is 0.348. The number of benzene rings is 3. The highest BCUT2D eigenvalue weighted by atomic mass is 16.5. The lowest BCUT2D eigenvalue weighted by Gasteiger charge is -2.38. The summed E-state index contributed by atoms with van der Waals surface area (Å²) in [6.45, 7) is 7.16. The average molecular weight is 583 g/mol. The van der Waals surface area contributed by atoms with Crippen LogP contribution in [0.5, 0.6) is 11.5 Å². The summed E-state index contributed by atoms with van der Waals surface area (Å²) in [5.41, 5.74) is 2.41. The minimum absolute atomic E-state index is 0.0128. The maximum atomic E-state index is 13.6. The van der Waals surface area contributed by atoms with E-state index in [0.717, 1.165) is 13.0 Å². The molecule has 1 unspecified atom stereocenters. The van der Waals surface area contributed by atoms with Gasteiger partial charge in [0.15, 0.2) is 0 Å². The first kappa shape index (κ1) is 29.8. The molecule has 3 aromatic carbocycles. The van der Waals surface area contributed by atoms with Crippen molar-refractivity contribution in [2.75, 3.05) is 45.9 Å². The van der Waals surface area contributed by atoms with E-state index in [4.69, 9.17) is 9.47 Å². The largest absolute Gasteiger partial charge is 0.463 e. The highest BCUT2D eigenvalue weighted by molar-refractivity contribution is 5.95. The Labute approximate surface area is 252 Å². The predicted octanol–water partition coefficient (Wildman–Crippen LogP) is 5.23. The van der Waals surface area contributed by atoms with Gasteiger partial charge in [0.05, 0.1) is 18.2 Å². The molecular formula is C34H38N4O5. The van der Waals surface area contributed by atoms with E-state index in [-0.39, 0.29) is 18.5 Å². The van der Waals surface area contributed by atoms with E-state index in [1.54, 1.807) is 11.8 Å². The number of likely N-dealkylation sites (N-methyl/N-ethyl adjacent to an activating group) is 1. The van der Waals surface area contributed by atoms with Gasteiger partial charge >= 0.3 is 12.0 Å². The van der Waals surface area contributed by atoms with E-state index in [1.807, 2.05) is 96.8 Å². The molecule has 5 rings (SSSR count). The molecule has 1 saturated heterocycles. The van der Waals surface area contributed by atoms with Crippen molar-refractivity contribution in [1.82, 2.24) is 20.0 Å². The Bertz CT molecular complexity index is 1460. The lowest BCUT2D eigenvalue weighted by atomic mass is 9.94. The minimum Gasteiger partial charge on any atom is -0.463 e. The lowest BCUT2D eigenvalue weighted by molar-refractivity contribution is -0.139. The summed E-state index contributed by atoms with van der Waals surface area (Å²) < 4.78 is 11.6. The van der Waals surface area contributed by atoms with Crippen LogP contribution in [0.15, 0.2) is 96.2 Å².